The van der Waals surface area contributed by atoms with Gasteiger partial charge in [-0.15, -0.1) is 0 Å². The normalized spacial score (nSPS) is 19.6. The largest absolute Gasteiger partial charge is 0.493 e. The molecule has 1 N–H and O–H groups in total. The lowest BCUT2D eigenvalue weighted by molar-refractivity contribution is -0.376. The summed E-state index contributed by atoms with van der Waals surface area (Å²) < 4.78 is 84.9. The fourth-order valence-corrected chi connectivity index (χ4v) is 3.95. The quantitative estimate of drug-likeness (QED) is 0.267. The molecule has 0 bridgehead atoms. The Bertz CT molecular complexity index is 920. The van der Waals surface area contributed by atoms with Crippen molar-refractivity contribution < 1.29 is 45.8 Å². The minimum atomic E-state index is -5.97. The molecule has 35 heavy (non-hydrogen) atoms. The topological polar surface area (TPSA) is 70.1 Å². The van der Waals surface area contributed by atoms with E-state index in [0.717, 1.165) is 11.0 Å². The highest BCUT2D eigenvalue weighted by atomic mass is 19.4. The van der Waals surface area contributed by atoms with Crippen LogP contribution in [0.1, 0.15) is 57.6 Å². The molecule has 2 rings (SSSR count). The summed E-state index contributed by atoms with van der Waals surface area (Å²) in [5.41, 5.74) is -7.14. The number of imide groups is 1. The monoisotopic (exact) mass is 512 g/mol. The Balaban J connectivity index is 2.08. The highest BCUT2D eigenvalue weighted by Gasteiger charge is 2.71. The number of unbranched alkanes of at least 4 members (excludes halogenated alkanes) is 1. The SMILES string of the molecule is CCCc1cc(C(O)(C(F)(F)F)C(F)(F)F)ccc1OCCCCN1C(=O)N(C)C(C)(CC)C1=O. The van der Waals surface area contributed by atoms with Gasteiger partial charge in [0.05, 0.1) is 6.61 Å². The molecule has 1 fully saturated rings. The Hall–Kier alpha value is -2.50. The van der Waals surface area contributed by atoms with Gasteiger partial charge in [-0.3, -0.25) is 9.69 Å². The zero-order valence-corrected chi connectivity index (χ0v) is 20.0. The van der Waals surface area contributed by atoms with Crippen molar-refractivity contribution in [2.45, 2.75) is 76.4 Å². The van der Waals surface area contributed by atoms with Gasteiger partial charge in [0, 0.05) is 19.2 Å². The van der Waals surface area contributed by atoms with Crippen molar-refractivity contribution in [3.63, 3.8) is 0 Å². The number of aryl methyl sites for hydroxylation is 1. The number of urea groups is 1. The summed E-state index contributed by atoms with van der Waals surface area (Å²) in [5.74, 6) is -0.190. The van der Waals surface area contributed by atoms with E-state index in [1.807, 2.05) is 6.92 Å². The van der Waals surface area contributed by atoms with Crippen molar-refractivity contribution in [3.05, 3.63) is 29.3 Å². The number of rotatable bonds is 10. The molecule has 1 aliphatic heterocycles. The Morgan fingerprint density at radius 3 is 2.11 bits per heavy atom. The summed E-state index contributed by atoms with van der Waals surface area (Å²) in [4.78, 5) is 27.5. The third-order valence-corrected chi connectivity index (χ3v) is 6.50. The molecule has 1 unspecified atom stereocenters. The van der Waals surface area contributed by atoms with Crippen LogP contribution in [0.15, 0.2) is 18.2 Å². The Labute approximate surface area is 199 Å². The van der Waals surface area contributed by atoms with Crippen LogP contribution in [0.4, 0.5) is 31.1 Å². The van der Waals surface area contributed by atoms with Gasteiger partial charge in [-0.2, -0.15) is 26.3 Å². The Morgan fingerprint density at radius 2 is 1.63 bits per heavy atom. The number of alkyl halides is 6. The van der Waals surface area contributed by atoms with Crippen LogP contribution in [-0.4, -0.2) is 64.9 Å². The maximum atomic E-state index is 13.2. The number of carbonyl (C=O) groups excluding carboxylic acids is 2. The number of likely N-dealkylation sites (N-methyl/N-ethyl adjacent to an activating group) is 1. The van der Waals surface area contributed by atoms with Crippen LogP contribution in [0, 0.1) is 0 Å². The molecule has 1 heterocycles. The first kappa shape index (κ1) is 28.7. The molecule has 1 atom stereocenters. The van der Waals surface area contributed by atoms with Crippen molar-refractivity contribution in [2.24, 2.45) is 0 Å². The van der Waals surface area contributed by atoms with Crippen molar-refractivity contribution in [2.75, 3.05) is 20.2 Å². The van der Waals surface area contributed by atoms with Gasteiger partial charge in [0.25, 0.3) is 11.5 Å². The summed E-state index contributed by atoms with van der Waals surface area (Å²) in [6.45, 7) is 5.42. The number of amides is 3. The molecule has 6 nitrogen and oxygen atoms in total. The number of nitrogens with zero attached hydrogens (tertiary/aromatic N) is 2. The van der Waals surface area contributed by atoms with Gasteiger partial charge < -0.3 is 14.7 Å². The number of ether oxygens (including phenoxy) is 1. The first-order chi connectivity index (χ1) is 16.1. The third-order valence-electron chi connectivity index (χ3n) is 6.50. The molecule has 1 saturated heterocycles. The van der Waals surface area contributed by atoms with Gasteiger partial charge in [0.1, 0.15) is 11.3 Å². The second-order valence-corrected chi connectivity index (χ2v) is 8.76. The fraction of sp³-hybridized carbons (Fsp3) is 0.652. The average Bonchev–Trinajstić information content (AvgIpc) is 2.93. The molecular formula is C23H30F6N2O4. The number of aliphatic hydroxyl groups is 1. The second kappa shape index (κ2) is 10.2. The summed E-state index contributed by atoms with van der Waals surface area (Å²) in [7, 11) is 1.56. The van der Waals surface area contributed by atoms with E-state index in [9.17, 15) is 41.0 Å². The zero-order valence-electron chi connectivity index (χ0n) is 20.0. The summed E-state index contributed by atoms with van der Waals surface area (Å²) in [6, 6.07) is 1.81. The maximum absolute atomic E-state index is 13.2. The third kappa shape index (κ3) is 5.22. The van der Waals surface area contributed by atoms with Crippen molar-refractivity contribution >= 4 is 11.9 Å². The van der Waals surface area contributed by atoms with Gasteiger partial charge in [-0.25, -0.2) is 4.79 Å². The number of hydrogen-bond donors (Lipinski definition) is 1. The minimum Gasteiger partial charge on any atom is -0.493 e. The zero-order chi connectivity index (χ0) is 26.8. The minimum absolute atomic E-state index is 0.0655. The molecule has 198 valence electrons. The molecule has 1 aromatic rings. The van der Waals surface area contributed by atoms with Crippen LogP contribution in [0.5, 0.6) is 5.75 Å². The predicted octanol–water partition coefficient (Wildman–Crippen LogP) is 5.17. The molecule has 0 aromatic heterocycles. The number of halogens is 6. The number of benzene rings is 1. The molecule has 0 radical (unpaired) electrons. The summed E-state index contributed by atoms with van der Waals surface area (Å²) in [6.07, 6.45) is -10.2. The summed E-state index contributed by atoms with van der Waals surface area (Å²) in [5, 5.41) is 9.65. The maximum Gasteiger partial charge on any atom is 0.430 e. The van der Waals surface area contributed by atoms with Crippen LogP contribution in [0.2, 0.25) is 0 Å². The summed E-state index contributed by atoms with van der Waals surface area (Å²) >= 11 is 0. The molecule has 12 heteroatoms. The Kier molecular flexibility index (Phi) is 8.41. The van der Waals surface area contributed by atoms with E-state index >= 15 is 0 Å². The van der Waals surface area contributed by atoms with E-state index in [1.165, 1.54) is 4.90 Å². The smallest absolute Gasteiger partial charge is 0.430 e. The van der Waals surface area contributed by atoms with Gasteiger partial charge in [0.15, 0.2) is 0 Å². The highest BCUT2D eigenvalue weighted by Crippen LogP contribution is 2.50. The molecule has 1 aromatic carbocycles. The highest BCUT2D eigenvalue weighted by molar-refractivity contribution is 6.06. The number of carbonyl (C=O) groups is 2. The van der Waals surface area contributed by atoms with E-state index in [0.29, 0.717) is 37.8 Å². The molecule has 0 spiro atoms. The predicted molar refractivity (Wildman–Crippen MR) is 115 cm³/mol. The van der Waals surface area contributed by atoms with Crippen LogP contribution in [0.25, 0.3) is 0 Å². The van der Waals surface area contributed by atoms with Crippen molar-refractivity contribution in [1.82, 2.24) is 9.80 Å². The van der Waals surface area contributed by atoms with Crippen LogP contribution in [0.3, 0.4) is 0 Å². The first-order valence-electron chi connectivity index (χ1n) is 11.3. The van der Waals surface area contributed by atoms with Crippen LogP contribution in [-0.2, 0) is 16.8 Å². The lowest BCUT2D eigenvalue weighted by Crippen LogP contribution is -2.53. The average molecular weight is 512 g/mol. The van der Waals surface area contributed by atoms with Gasteiger partial charge >= 0.3 is 18.4 Å². The lowest BCUT2D eigenvalue weighted by atomic mass is 9.90. The van der Waals surface area contributed by atoms with Gasteiger partial charge in [0.2, 0.25) is 0 Å². The van der Waals surface area contributed by atoms with Crippen molar-refractivity contribution in [1.29, 1.82) is 0 Å². The lowest BCUT2D eigenvalue weighted by Gasteiger charge is -2.33. The standard InChI is InChI=1S/C23H30F6N2O4/c1-5-9-15-14-16(21(34,22(24,25)26)23(27,28)29)10-11-17(15)35-13-8-7-12-31-18(32)20(3,6-2)30(4)19(31)33/h10-11,14,34H,5-9,12-13H2,1-4H3. The van der Waals surface area contributed by atoms with Gasteiger partial charge in [-0.1, -0.05) is 26.3 Å². The van der Waals surface area contributed by atoms with E-state index in [4.69, 9.17) is 4.74 Å². The second-order valence-electron chi connectivity index (χ2n) is 8.76. The molecule has 1 aliphatic rings. The number of hydrogen-bond acceptors (Lipinski definition) is 4. The Morgan fingerprint density at radius 1 is 1.03 bits per heavy atom. The molecule has 3 amide bonds. The van der Waals surface area contributed by atoms with Crippen molar-refractivity contribution in [3.8, 4) is 5.75 Å². The molecular weight excluding hydrogens is 482 g/mol. The first-order valence-corrected chi connectivity index (χ1v) is 11.3. The van der Waals surface area contributed by atoms with E-state index in [2.05, 4.69) is 0 Å². The van der Waals surface area contributed by atoms with Crippen LogP contribution < -0.4 is 4.74 Å². The molecule has 0 saturated carbocycles. The fourth-order valence-electron chi connectivity index (χ4n) is 3.95. The van der Waals surface area contributed by atoms with E-state index in [-0.39, 0.29) is 36.8 Å². The van der Waals surface area contributed by atoms with E-state index in [1.54, 1.807) is 20.9 Å². The molecule has 0 aliphatic carbocycles. The van der Waals surface area contributed by atoms with Crippen LogP contribution >= 0.6 is 0 Å². The van der Waals surface area contributed by atoms with E-state index < -0.39 is 35.1 Å². The van der Waals surface area contributed by atoms with Gasteiger partial charge in [-0.05, 0) is 50.3 Å².